The number of phenolic OH excluding ortho intramolecular Hbond substituents is 2. The summed E-state index contributed by atoms with van der Waals surface area (Å²) in [5.41, 5.74) is -0.213. The van der Waals surface area contributed by atoms with Crippen molar-refractivity contribution >= 4 is 11.9 Å². The van der Waals surface area contributed by atoms with Crippen molar-refractivity contribution in [1.82, 2.24) is 15.2 Å². The summed E-state index contributed by atoms with van der Waals surface area (Å²) in [4.78, 5) is 15.6. The van der Waals surface area contributed by atoms with Crippen molar-refractivity contribution in [2.45, 2.75) is 6.92 Å². The molecule has 1 aromatic heterocycles. The van der Waals surface area contributed by atoms with Crippen LogP contribution in [0.3, 0.4) is 0 Å². The van der Waals surface area contributed by atoms with Crippen LogP contribution in [0, 0.1) is 6.92 Å². The van der Waals surface area contributed by atoms with Crippen molar-refractivity contribution < 1.29 is 15.0 Å². The summed E-state index contributed by atoms with van der Waals surface area (Å²) in [6.45, 7) is 1.68. The number of hydrogen-bond acceptors (Lipinski definition) is 5. The van der Waals surface area contributed by atoms with Crippen LogP contribution in [-0.2, 0) is 0 Å². The molecular formula is C10H10N4O3. The molecule has 7 nitrogen and oxygen atoms in total. The highest BCUT2D eigenvalue weighted by Gasteiger charge is 2.17. The van der Waals surface area contributed by atoms with Crippen molar-refractivity contribution in [3.8, 4) is 11.5 Å². The van der Waals surface area contributed by atoms with E-state index in [4.69, 9.17) is 0 Å². The van der Waals surface area contributed by atoms with Crippen LogP contribution < -0.4 is 5.32 Å². The van der Waals surface area contributed by atoms with Gasteiger partial charge in [0.2, 0.25) is 5.95 Å². The Bertz CT molecular complexity index is 544. The fourth-order valence-corrected chi connectivity index (χ4v) is 1.32. The lowest BCUT2D eigenvalue weighted by atomic mass is 10.1. The van der Waals surface area contributed by atoms with E-state index < -0.39 is 5.91 Å². The molecule has 1 amide bonds. The maximum Gasteiger partial charge on any atom is 0.265 e. The van der Waals surface area contributed by atoms with E-state index in [0.717, 1.165) is 0 Å². The summed E-state index contributed by atoms with van der Waals surface area (Å²) in [6.07, 6.45) is 0. The van der Waals surface area contributed by atoms with E-state index in [9.17, 15) is 15.0 Å². The Morgan fingerprint density at radius 3 is 2.53 bits per heavy atom. The Labute approximate surface area is 96.1 Å². The zero-order valence-electron chi connectivity index (χ0n) is 8.93. The van der Waals surface area contributed by atoms with Crippen LogP contribution in [0.1, 0.15) is 16.2 Å². The average Bonchev–Trinajstić information content (AvgIpc) is 2.63. The highest BCUT2D eigenvalue weighted by Crippen LogP contribution is 2.26. The Kier molecular flexibility index (Phi) is 2.65. The van der Waals surface area contributed by atoms with E-state index in [1.165, 1.54) is 18.2 Å². The summed E-state index contributed by atoms with van der Waals surface area (Å²) in [6, 6.07) is 4.04. The van der Waals surface area contributed by atoms with Gasteiger partial charge in [-0.05, 0) is 19.1 Å². The van der Waals surface area contributed by atoms with Crippen molar-refractivity contribution in [1.29, 1.82) is 0 Å². The van der Waals surface area contributed by atoms with Crippen LogP contribution in [-0.4, -0.2) is 31.3 Å². The van der Waals surface area contributed by atoms with Crippen molar-refractivity contribution in [3.63, 3.8) is 0 Å². The zero-order valence-corrected chi connectivity index (χ0v) is 8.93. The van der Waals surface area contributed by atoms with Crippen molar-refractivity contribution in [3.05, 3.63) is 29.6 Å². The van der Waals surface area contributed by atoms with Gasteiger partial charge >= 0.3 is 0 Å². The molecule has 0 spiro atoms. The molecule has 0 unspecified atom stereocenters. The molecule has 0 fully saturated rings. The molecular weight excluding hydrogens is 224 g/mol. The summed E-state index contributed by atoms with van der Waals surface area (Å²) in [5, 5.41) is 27.6. The third-order valence-corrected chi connectivity index (χ3v) is 2.07. The van der Waals surface area contributed by atoms with Gasteiger partial charge in [0, 0.05) is 0 Å². The first kappa shape index (κ1) is 10.9. The second-order valence-corrected chi connectivity index (χ2v) is 3.37. The number of nitrogens with zero attached hydrogens (tertiary/aromatic N) is 2. The number of carbonyl (C=O) groups is 1. The number of aromatic hydroxyl groups is 2. The first-order valence-corrected chi connectivity index (χ1v) is 4.79. The quantitative estimate of drug-likeness (QED) is 0.613. The van der Waals surface area contributed by atoms with Gasteiger partial charge in [-0.2, -0.15) is 4.98 Å². The smallest absolute Gasteiger partial charge is 0.265 e. The first-order valence-electron chi connectivity index (χ1n) is 4.79. The number of rotatable bonds is 2. The largest absolute Gasteiger partial charge is 0.507 e. The highest BCUT2D eigenvalue weighted by atomic mass is 16.3. The number of hydrogen-bond donors (Lipinski definition) is 4. The SMILES string of the molecule is Cc1nc(NC(=O)c2c(O)cccc2O)n[nH]1. The lowest BCUT2D eigenvalue weighted by Crippen LogP contribution is -2.13. The summed E-state index contributed by atoms with van der Waals surface area (Å²) in [5.74, 6) is -0.680. The molecule has 0 bridgehead atoms. The number of carbonyl (C=O) groups excluding carboxylic acids is 1. The second kappa shape index (κ2) is 4.12. The van der Waals surface area contributed by atoms with Gasteiger partial charge in [-0.25, -0.2) is 0 Å². The number of aryl methyl sites for hydroxylation is 1. The predicted octanol–water partition coefficient (Wildman–Crippen LogP) is 0.777. The van der Waals surface area contributed by atoms with E-state index >= 15 is 0 Å². The second-order valence-electron chi connectivity index (χ2n) is 3.37. The van der Waals surface area contributed by atoms with Gasteiger partial charge in [-0.3, -0.25) is 15.2 Å². The van der Waals surface area contributed by atoms with Gasteiger partial charge in [0.05, 0.1) is 0 Å². The summed E-state index contributed by atoms with van der Waals surface area (Å²) < 4.78 is 0. The molecule has 0 radical (unpaired) electrons. The molecule has 0 aliphatic rings. The molecule has 4 N–H and O–H groups in total. The van der Waals surface area contributed by atoms with Gasteiger partial charge in [0.25, 0.3) is 5.91 Å². The molecule has 0 saturated heterocycles. The fourth-order valence-electron chi connectivity index (χ4n) is 1.32. The first-order chi connectivity index (χ1) is 8.08. The number of nitrogens with one attached hydrogen (secondary N) is 2. The number of aromatic nitrogens is 3. The van der Waals surface area contributed by atoms with Gasteiger partial charge < -0.3 is 10.2 Å². The van der Waals surface area contributed by atoms with Crippen LogP contribution in [0.15, 0.2) is 18.2 Å². The summed E-state index contributed by atoms with van der Waals surface area (Å²) in [7, 11) is 0. The van der Waals surface area contributed by atoms with Crippen LogP contribution in [0.2, 0.25) is 0 Å². The van der Waals surface area contributed by atoms with E-state index in [0.29, 0.717) is 5.82 Å². The normalized spacial score (nSPS) is 10.2. The van der Waals surface area contributed by atoms with Gasteiger partial charge in [0.15, 0.2) is 0 Å². The van der Waals surface area contributed by atoms with Gasteiger partial charge in [-0.1, -0.05) is 6.07 Å². The zero-order chi connectivity index (χ0) is 12.4. The van der Waals surface area contributed by atoms with E-state index in [1.54, 1.807) is 6.92 Å². The molecule has 7 heteroatoms. The molecule has 17 heavy (non-hydrogen) atoms. The average molecular weight is 234 g/mol. The Hall–Kier alpha value is -2.57. The number of benzene rings is 1. The monoisotopic (exact) mass is 234 g/mol. The molecule has 0 saturated carbocycles. The fraction of sp³-hybridized carbons (Fsp3) is 0.100. The van der Waals surface area contributed by atoms with E-state index in [-0.39, 0.29) is 23.0 Å². The van der Waals surface area contributed by atoms with Crippen molar-refractivity contribution in [2.75, 3.05) is 5.32 Å². The maximum absolute atomic E-state index is 11.7. The number of aromatic amines is 1. The molecule has 2 rings (SSSR count). The lowest BCUT2D eigenvalue weighted by Gasteiger charge is -2.05. The Balaban J connectivity index is 2.26. The topological polar surface area (TPSA) is 111 Å². The van der Waals surface area contributed by atoms with Crippen LogP contribution >= 0.6 is 0 Å². The predicted molar refractivity (Wildman–Crippen MR) is 58.8 cm³/mol. The third kappa shape index (κ3) is 2.17. The minimum absolute atomic E-state index is 0.0788. The van der Waals surface area contributed by atoms with Gasteiger partial charge in [0.1, 0.15) is 22.9 Å². The number of anilines is 1. The molecule has 0 atom stereocenters. The number of H-pyrrole nitrogens is 1. The molecule has 2 aromatic rings. The maximum atomic E-state index is 11.7. The van der Waals surface area contributed by atoms with E-state index in [1.807, 2.05) is 0 Å². The lowest BCUT2D eigenvalue weighted by molar-refractivity contribution is 0.102. The van der Waals surface area contributed by atoms with Crippen LogP contribution in [0.5, 0.6) is 11.5 Å². The molecule has 1 aromatic carbocycles. The molecule has 1 heterocycles. The molecule has 0 aliphatic heterocycles. The Morgan fingerprint density at radius 2 is 2.00 bits per heavy atom. The third-order valence-electron chi connectivity index (χ3n) is 2.07. The highest BCUT2D eigenvalue weighted by molar-refractivity contribution is 6.07. The molecule has 0 aliphatic carbocycles. The number of phenols is 2. The van der Waals surface area contributed by atoms with E-state index in [2.05, 4.69) is 20.5 Å². The van der Waals surface area contributed by atoms with Crippen molar-refractivity contribution in [2.24, 2.45) is 0 Å². The number of amides is 1. The van der Waals surface area contributed by atoms with Crippen LogP contribution in [0.4, 0.5) is 5.95 Å². The Morgan fingerprint density at radius 1 is 1.35 bits per heavy atom. The van der Waals surface area contributed by atoms with Gasteiger partial charge in [-0.15, -0.1) is 5.10 Å². The summed E-state index contributed by atoms with van der Waals surface area (Å²) >= 11 is 0. The molecule has 88 valence electrons. The minimum atomic E-state index is -0.681. The standard InChI is InChI=1S/C10H10N4O3/c1-5-11-10(14-13-5)12-9(17)8-6(15)3-2-4-7(8)16/h2-4,15-16H,1H3,(H2,11,12,13,14,17). The van der Waals surface area contributed by atoms with Crippen LogP contribution in [0.25, 0.3) is 0 Å². The minimum Gasteiger partial charge on any atom is -0.507 e.